The summed E-state index contributed by atoms with van der Waals surface area (Å²) in [7, 11) is 0. The summed E-state index contributed by atoms with van der Waals surface area (Å²) in [5.74, 6) is 0.000608. The lowest BCUT2D eigenvalue weighted by Gasteiger charge is -2.41. The predicted molar refractivity (Wildman–Crippen MR) is 82.3 cm³/mol. The molecule has 0 spiro atoms. The molecule has 3 N–H and O–H groups in total. The van der Waals surface area contributed by atoms with Crippen LogP contribution in [-0.4, -0.2) is 18.5 Å². The van der Waals surface area contributed by atoms with Crippen LogP contribution in [0.1, 0.15) is 44.6 Å². The fraction of sp³-hybridized carbons (Fsp3) is 0.588. The highest BCUT2D eigenvalue weighted by atomic mass is 16.2. The van der Waals surface area contributed by atoms with Crippen LogP contribution in [-0.2, 0) is 11.2 Å². The van der Waals surface area contributed by atoms with Crippen LogP contribution in [0.2, 0.25) is 0 Å². The number of hydrogen-bond acceptors (Lipinski definition) is 2. The minimum absolute atomic E-state index is 0.000608. The molecule has 0 bridgehead atoms. The SMILES string of the molecule is CCC1(CNC(=O)C(N)CCc2ccccc2)CCC1. The van der Waals surface area contributed by atoms with E-state index in [1.54, 1.807) is 0 Å². The number of benzene rings is 1. The second kappa shape index (κ2) is 6.89. The zero-order valence-electron chi connectivity index (χ0n) is 12.4. The zero-order chi connectivity index (χ0) is 14.4. The molecule has 20 heavy (non-hydrogen) atoms. The topological polar surface area (TPSA) is 55.1 Å². The van der Waals surface area contributed by atoms with E-state index in [2.05, 4.69) is 24.4 Å². The van der Waals surface area contributed by atoms with Crippen molar-refractivity contribution < 1.29 is 4.79 Å². The molecule has 3 nitrogen and oxygen atoms in total. The second-order valence-corrected chi connectivity index (χ2v) is 6.06. The van der Waals surface area contributed by atoms with Crippen LogP contribution in [0, 0.1) is 5.41 Å². The van der Waals surface area contributed by atoms with Crippen molar-refractivity contribution in [3.8, 4) is 0 Å². The van der Waals surface area contributed by atoms with E-state index in [9.17, 15) is 4.79 Å². The third-order valence-electron chi connectivity index (χ3n) is 4.73. The van der Waals surface area contributed by atoms with Gasteiger partial charge in [0, 0.05) is 6.54 Å². The Morgan fingerprint density at radius 1 is 1.35 bits per heavy atom. The van der Waals surface area contributed by atoms with Crippen LogP contribution in [0.4, 0.5) is 0 Å². The van der Waals surface area contributed by atoms with Gasteiger partial charge in [-0.2, -0.15) is 0 Å². The minimum Gasteiger partial charge on any atom is -0.354 e. The molecule has 110 valence electrons. The second-order valence-electron chi connectivity index (χ2n) is 6.06. The first-order valence-electron chi connectivity index (χ1n) is 7.72. The van der Waals surface area contributed by atoms with Gasteiger partial charge in [-0.3, -0.25) is 4.79 Å². The van der Waals surface area contributed by atoms with Crippen molar-refractivity contribution in [3.05, 3.63) is 35.9 Å². The van der Waals surface area contributed by atoms with Gasteiger partial charge in [-0.05, 0) is 43.1 Å². The molecular formula is C17H26N2O. The molecule has 1 saturated carbocycles. The Balaban J connectivity index is 1.72. The molecule has 1 atom stereocenters. The zero-order valence-corrected chi connectivity index (χ0v) is 12.4. The first kappa shape index (κ1) is 15.0. The van der Waals surface area contributed by atoms with E-state index in [-0.39, 0.29) is 5.91 Å². The maximum absolute atomic E-state index is 12.0. The van der Waals surface area contributed by atoms with E-state index in [0.29, 0.717) is 11.8 Å². The number of carbonyl (C=O) groups is 1. The van der Waals surface area contributed by atoms with Crippen molar-refractivity contribution in [2.24, 2.45) is 11.1 Å². The van der Waals surface area contributed by atoms with Crippen LogP contribution in [0.5, 0.6) is 0 Å². The highest BCUT2D eigenvalue weighted by Gasteiger charge is 2.35. The van der Waals surface area contributed by atoms with Gasteiger partial charge in [0.15, 0.2) is 0 Å². The summed E-state index contributed by atoms with van der Waals surface area (Å²) in [5.41, 5.74) is 7.58. The summed E-state index contributed by atoms with van der Waals surface area (Å²) < 4.78 is 0. The van der Waals surface area contributed by atoms with E-state index >= 15 is 0 Å². The summed E-state index contributed by atoms with van der Waals surface area (Å²) >= 11 is 0. The maximum atomic E-state index is 12.0. The van der Waals surface area contributed by atoms with Crippen LogP contribution in [0.15, 0.2) is 30.3 Å². The Bertz CT molecular complexity index is 420. The van der Waals surface area contributed by atoms with Crippen molar-refractivity contribution in [1.82, 2.24) is 5.32 Å². The number of aryl methyl sites for hydroxylation is 1. The van der Waals surface area contributed by atoms with Gasteiger partial charge in [0.05, 0.1) is 6.04 Å². The van der Waals surface area contributed by atoms with Crippen molar-refractivity contribution >= 4 is 5.91 Å². The number of amides is 1. The number of hydrogen-bond donors (Lipinski definition) is 2. The van der Waals surface area contributed by atoms with Crippen LogP contribution in [0.25, 0.3) is 0 Å². The summed E-state index contributed by atoms with van der Waals surface area (Å²) in [4.78, 5) is 12.0. The number of carbonyl (C=O) groups excluding carboxylic acids is 1. The molecule has 1 aliphatic carbocycles. The molecule has 1 aromatic carbocycles. The normalized spacial score (nSPS) is 18.1. The first-order chi connectivity index (χ1) is 9.65. The lowest BCUT2D eigenvalue weighted by Crippen LogP contribution is -2.47. The molecule has 0 aromatic heterocycles. The largest absolute Gasteiger partial charge is 0.354 e. The van der Waals surface area contributed by atoms with Crippen molar-refractivity contribution in [2.45, 2.75) is 51.5 Å². The Kier molecular flexibility index (Phi) is 5.18. The van der Waals surface area contributed by atoms with E-state index in [1.807, 2.05) is 18.2 Å². The lowest BCUT2D eigenvalue weighted by molar-refractivity contribution is -0.123. The van der Waals surface area contributed by atoms with E-state index in [1.165, 1.54) is 24.8 Å². The summed E-state index contributed by atoms with van der Waals surface area (Å²) in [6.07, 6.45) is 6.48. The standard InChI is InChI=1S/C17H26N2O/c1-2-17(11-6-12-17)13-19-16(20)15(18)10-9-14-7-4-3-5-8-14/h3-5,7-8,15H,2,6,9-13,18H2,1H3,(H,19,20). The fourth-order valence-electron chi connectivity index (χ4n) is 2.84. The molecule has 1 amide bonds. The van der Waals surface area contributed by atoms with Gasteiger partial charge in [-0.15, -0.1) is 0 Å². The van der Waals surface area contributed by atoms with Crippen LogP contribution in [0.3, 0.4) is 0 Å². The molecule has 2 rings (SSSR count). The Morgan fingerprint density at radius 2 is 2.05 bits per heavy atom. The third-order valence-corrected chi connectivity index (χ3v) is 4.73. The van der Waals surface area contributed by atoms with Crippen molar-refractivity contribution in [2.75, 3.05) is 6.54 Å². The first-order valence-corrected chi connectivity index (χ1v) is 7.72. The van der Waals surface area contributed by atoms with Crippen LogP contribution >= 0.6 is 0 Å². The highest BCUT2D eigenvalue weighted by molar-refractivity contribution is 5.81. The van der Waals surface area contributed by atoms with Crippen molar-refractivity contribution in [1.29, 1.82) is 0 Å². The number of rotatable bonds is 7. The average Bonchev–Trinajstić information content (AvgIpc) is 2.45. The van der Waals surface area contributed by atoms with Gasteiger partial charge < -0.3 is 11.1 Å². The fourth-order valence-corrected chi connectivity index (χ4v) is 2.84. The highest BCUT2D eigenvalue weighted by Crippen LogP contribution is 2.42. The van der Waals surface area contributed by atoms with Gasteiger partial charge >= 0.3 is 0 Å². The molecule has 0 saturated heterocycles. The molecule has 3 heteroatoms. The Labute approximate surface area is 121 Å². The van der Waals surface area contributed by atoms with Crippen molar-refractivity contribution in [3.63, 3.8) is 0 Å². The smallest absolute Gasteiger partial charge is 0.236 e. The molecular weight excluding hydrogens is 248 g/mol. The third kappa shape index (κ3) is 3.83. The number of nitrogens with two attached hydrogens (primary N) is 1. The van der Waals surface area contributed by atoms with Gasteiger partial charge in [0.25, 0.3) is 0 Å². The van der Waals surface area contributed by atoms with E-state index < -0.39 is 6.04 Å². The predicted octanol–water partition coefficient (Wildman–Crippen LogP) is 2.64. The summed E-state index contributed by atoms with van der Waals surface area (Å²) in [5, 5.41) is 3.05. The average molecular weight is 274 g/mol. The molecule has 1 aromatic rings. The van der Waals surface area contributed by atoms with E-state index in [0.717, 1.165) is 19.4 Å². The lowest BCUT2D eigenvalue weighted by atomic mass is 9.67. The molecule has 0 heterocycles. The van der Waals surface area contributed by atoms with Gasteiger partial charge in [0.2, 0.25) is 5.91 Å². The van der Waals surface area contributed by atoms with E-state index in [4.69, 9.17) is 5.73 Å². The quantitative estimate of drug-likeness (QED) is 0.803. The minimum atomic E-state index is -0.399. The Hall–Kier alpha value is -1.35. The molecule has 1 aliphatic rings. The van der Waals surface area contributed by atoms with Crippen LogP contribution < -0.4 is 11.1 Å². The van der Waals surface area contributed by atoms with Gasteiger partial charge in [0.1, 0.15) is 0 Å². The summed E-state index contributed by atoms with van der Waals surface area (Å²) in [6, 6.07) is 9.78. The maximum Gasteiger partial charge on any atom is 0.236 e. The number of nitrogens with one attached hydrogen (secondary N) is 1. The molecule has 1 unspecified atom stereocenters. The van der Waals surface area contributed by atoms with Gasteiger partial charge in [-0.25, -0.2) is 0 Å². The molecule has 1 fully saturated rings. The Morgan fingerprint density at radius 3 is 2.60 bits per heavy atom. The monoisotopic (exact) mass is 274 g/mol. The molecule has 0 radical (unpaired) electrons. The molecule has 0 aliphatic heterocycles. The van der Waals surface area contributed by atoms with Gasteiger partial charge in [-0.1, -0.05) is 43.7 Å². The summed E-state index contributed by atoms with van der Waals surface area (Å²) in [6.45, 7) is 3.00.